The summed E-state index contributed by atoms with van der Waals surface area (Å²) in [6, 6.07) is 18.7. The summed E-state index contributed by atoms with van der Waals surface area (Å²) < 4.78 is 33.6. The molecule has 0 saturated carbocycles. The summed E-state index contributed by atoms with van der Waals surface area (Å²) in [5.41, 5.74) is 2.11. The minimum Gasteiger partial charge on any atom is -0.305 e. The third-order valence-electron chi connectivity index (χ3n) is 4.58. The molecule has 9 nitrogen and oxygen atoms in total. The number of aromatic nitrogens is 1. The van der Waals surface area contributed by atoms with Gasteiger partial charge in [-0.1, -0.05) is 71.4 Å². The number of fused-ring (bicyclic) bond motifs is 1. The first kappa shape index (κ1) is 21.5. The van der Waals surface area contributed by atoms with Gasteiger partial charge in [-0.2, -0.15) is 8.42 Å². The van der Waals surface area contributed by atoms with E-state index in [1.165, 1.54) is 12.3 Å². The monoisotopic (exact) mass is 466 g/mol. The molecule has 0 saturated heterocycles. The third-order valence-corrected chi connectivity index (χ3v) is 5.77. The van der Waals surface area contributed by atoms with E-state index >= 15 is 0 Å². The summed E-state index contributed by atoms with van der Waals surface area (Å²) in [6.45, 7) is 0. The Morgan fingerprint density at radius 3 is 2.28 bits per heavy atom. The van der Waals surface area contributed by atoms with Gasteiger partial charge in [0.1, 0.15) is 27.1 Å². The van der Waals surface area contributed by atoms with Gasteiger partial charge < -0.3 is 5.84 Å². The number of halogens is 1. The van der Waals surface area contributed by atoms with Crippen LogP contribution in [0.1, 0.15) is 0 Å². The first-order valence-electron chi connectivity index (χ1n) is 9.15. The summed E-state index contributed by atoms with van der Waals surface area (Å²) in [6.07, 6.45) is 1.42. The average molecular weight is 467 g/mol. The Hall–Kier alpha value is -3.73. The fourth-order valence-electron chi connectivity index (χ4n) is 3.19. The zero-order valence-corrected chi connectivity index (χ0v) is 17.9. The SMILES string of the molecule is NN=Nc1c(/N=N/c2cnc(Cl)c(-c3ccccc3)c2)cc(S(=O)(=O)O)c2ccccc12. The number of hydrogen-bond acceptors (Lipinski definition) is 7. The van der Waals surface area contributed by atoms with Crippen molar-refractivity contribution in [3.05, 3.63) is 78.1 Å². The number of rotatable bonds is 5. The fourth-order valence-corrected chi connectivity index (χ4v) is 4.12. The normalized spacial score (nSPS) is 12.2. The molecule has 0 aliphatic rings. The van der Waals surface area contributed by atoms with Crippen LogP contribution in [0.2, 0.25) is 5.15 Å². The molecule has 4 aromatic rings. The van der Waals surface area contributed by atoms with Crippen molar-refractivity contribution in [3.63, 3.8) is 0 Å². The second-order valence-corrected chi connectivity index (χ2v) is 8.32. The smallest absolute Gasteiger partial charge is 0.295 e. The summed E-state index contributed by atoms with van der Waals surface area (Å²) in [5, 5.41) is 16.4. The minimum atomic E-state index is -4.55. The maximum Gasteiger partial charge on any atom is 0.295 e. The van der Waals surface area contributed by atoms with E-state index < -0.39 is 10.1 Å². The molecule has 1 aromatic heterocycles. The predicted octanol–water partition coefficient (Wildman–Crippen LogP) is 6.17. The Kier molecular flexibility index (Phi) is 5.91. The molecule has 4 rings (SSSR count). The van der Waals surface area contributed by atoms with Gasteiger partial charge in [-0.25, -0.2) is 4.98 Å². The highest BCUT2D eigenvalue weighted by molar-refractivity contribution is 7.86. The van der Waals surface area contributed by atoms with Crippen molar-refractivity contribution in [2.75, 3.05) is 0 Å². The topological polar surface area (TPSA) is 143 Å². The van der Waals surface area contributed by atoms with Gasteiger partial charge in [0, 0.05) is 16.3 Å². The van der Waals surface area contributed by atoms with Crippen LogP contribution in [0.5, 0.6) is 0 Å². The van der Waals surface area contributed by atoms with E-state index in [9.17, 15) is 13.0 Å². The van der Waals surface area contributed by atoms with Crippen LogP contribution in [-0.4, -0.2) is 18.0 Å². The van der Waals surface area contributed by atoms with Gasteiger partial charge in [-0.15, -0.1) is 15.3 Å². The lowest BCUT2D eigenvalue weighted by molar-refractivity contribution is 0.484. The number of nitrogens with two attached hydrogens (primary N) is 1. The molecule has 0 spiro atoms. The molecule has 32 heavy (non-hydrogen) atoms. The van der Waals surface area contributed by atoms with Crippen molar-refractivity contribution in [1.82, 2.24) is 4.98 Å². The number of nitrogens with zero attached hydrogens (tertiary/aromatic N) is 5. The number of hydrogen-bond donors (Lipinski definition) is 2. The van der Waals surface area contributed by atoms with E-state index in [4.69, 9.17) is 17.4 Å². The minimum absolute atomic E-state index is 0.0433. The van der Waals surface area contributed by atoms with E-state index in [1.807, 2.05) is 30.3 Å². The van der Waals surface area contributed by atoms with E-state index in [2.05, 4.69) is 25.5 Å². The average Bonchev–Trinajstić information content (AvgIpc) is 2.79. The largest absolute Gasteiger partial charge is 0.305 e. The molecule has 0 atom stereocenters. The molecule has 160 valence electrons. The Balaban J connectivity index is 1.87. The lowest BCUT2D eigenvalue weighted by Gasteiger charge is -2.09. The van der Waals surface area contributed by atoms with Gasteiger partial charge >= 0.3 is 0 Å². The zero-order valence-electron chi connectivity index (χ0n) is 16.3. The number of azo groups is 1. The number of pyridine rings is 1. The van der Waals surface area contributed by atoms with E-state index in [0.717, 1.165) is 11.6 Å². The van der Waals surface area contributed by atoms with Crippen LogP contribution in [0.25, 0.3) is 21.9 Å². The Morgan fingerprint density at radius 1 is 0.906 bits per heavy atom. The van der Waals surface area contributed by atoms with Crippen LogP contribution in [-0.2, 0) is 10.1 Å². The second kappa shape index (κ2) is 8.79. The van der Waals surface area contributed by atoms with Crippen molar-refractivity contribution < 1.29 is 13.0 Å². The highest BCUT2D eigenvalue weighted by Crippen LogP contribution is 2.41. The van der Waals surface area contributed by atoms with Crippen molar-refractivity contribution in [3.8, 4) is 11.1 Å². The van der Waals surface area contributed by atoms with Crippen molar-refractivity contribution in [2.45, 2.75) is 4.90 Å². The number of benzene rings is 3. The Labute approximate surface area is 188 Å². The molecule has 3 N–H and O–H groups in total. The Bertz CT molecular complexity index is 1470. The van der Waals surface area contributed by atoms with Gasteiger partial charge in [-0.3, -0.25) is 4.55 Å². The van der Waals surface area contributed by atoms with Crippen molar-refractivity contribution >= 4 is 49.6 Å². The van der Waals surface area contributed by atoms with Crippen LogP contribution in [0, 0.1) is 0 Å². The molecule has 1 heterocycles. The van der Waals surface area contributed by atoms with E-state index in [-0.39, 0.29) is 21.7 Å². The summed E-state index contributed by atoms with van der Waals surface area (Å²) in [4.78, 5) is 3.81. The lowest BCUT2D eigenvalue weighted by Crippen LogP contribution is -1.99. The van der Waals surface area contributed by atoms with Gasteiger partial charge in [-0.05, 0) is 17.7 Å². The zero-order chi connectivity index (χ0) is 22.7. The quantitative estimate of drug-likeness (QED) is 0.119. The molecular formula is C21H15ClN6O3S. The molecule has 11 heteroatoms. The maximum absolute atomic E-state index is 12.0. The molecule has 0 unspecified atom stereocenters. The molecule has 3 aromatic carbocycles. The van der Waals surface area contributed by atoms with Crippen LogP contribution in [0.4, 0.5) is 17.1 Å². The van der Waals surface area contributed by atoms with Gasteiger partial charge in [0.15, 0.2) is 0 Å². The highest BCUT2D eigenvalue weighted by Gasteiger charge is 2.20. The molecule has 0 bridgehead atoms. The molecular weight excluding hydrogens is 452 g/mol. The van der Waals surface area contributed by atoms with Crippen LogP contribution in [0.15, 0.2) is 98.4 Å². The van der Waals surface area contributed by atoms with Crippen molar-refractivity contribution in [2.24, 2.45) is 26.4 Å². The van der Waals surface area contributed by atoms with Gasteiger partial charge in [0.05, 0.1) is 6.20 Å². The maximum atomic E-state index is 12.0. The first-order valence-corrected chi connectivity index (χ1v) is 11.0. The molecule has 0 aliphatic heterocycles. The lowest BCUT2D eigenvalue weighted by atomic mass is 10.1. The molecule has 0 fully saturated rings. The predicted molar refractivity (Wildman–Crippen MR) is 121 cm³/mol. The van der Waals surface area contributed by atoms with E-state index in [1.54, 1.807) is 24.3 Å². The standard InChI is InChI=1S/C21H15ClN6O3S/c22-21-17(13-6-2-1-3-7-13)10-14(12-24-21)25-26-18-11-19(32(29,30)31)15-8-4-5-9-16(15)20(18)27-28-23/h1-12H,(H2,23,27)(H,29,30,31)/b26-25+. The van der Waals surface area contributed by atoms with Crippen molar-refractivity contribution in [1.29, 1.82) is 0 Å². The summed E-state index contributed by atoms with van der Waals surface area (Å²) in [5.74, 6) is 5.25. The molecule has 0 amide bonds. The van der Waals surface area contributed by atoms with Gasteiger partial charge in [0.25, 0.3) is 10.1 Å². The third kappa shape index (κ3) is 4.33. The summed E-state index contributed by atoms with van der Waals surface area (Å²) >= 11 is 6.23. The fraction of sp³-hybridized carbons (Fsp3) is 0. The Morgan fingerprint density at radius 2 is 1.59 bits per heavy atom. The van der Waals surface area contributed by atoms with Crippen LogP contribution in [0.3, 0.4) is 0 Å². The first-order chi connectivity index (χ1) is 15.4. The van der Waals surface area contributed by atoms with Crippen LogP contribution >= 0.6 is 11.6 Å². The van der Waals surface area contributed by atoms with E-state index in [0.29, 0.717) is 21.8 Å². The van der Waals surface area contributed by atoms with Gasteiger partial charge in [0.2, 0.25) is 0 Å². The molecule has 0 radical (unpaired) electrons. The van der Waals surface area contributed by atoms with Crippen LogP contribution < -0.4 is 5.84 Å². The summed E-state index contributed by atoms with van der Waals surface area (Å²) in [7, 11) is -4.55. The highest BCUT2D eigenvalue weighted by atomic mass is 35.5. The molecule has 0 aliphatic carbocycles. The second-order valence-electron chi connectivity index (χ2n) is 6.58.